The molecular weight excluding hydrogens is 219 g/mol. The molecule has 0 bridgehead atoms. The summed E-state index contributed by atoms with van der Waals surface area (Å²) in [5, 5.41) is 0. The topological polar surface area (TPSA) is 9.23 Å². The van der Waals surface area contributed by atoms with Crippen molar-refractivity contribution in [3.63, 3.8) is 0 Å². The minimum absolute atomic E-state index is 0.881. The third-order valence-electron chi connectivity index (χ3n) is 0.144. The Morgan fingerprint density at radius 1 is 2.00 bits per heavy atom. The summed E-state index contributed by atoms with van der Waals surface area (Å²) in [7, 11) is 0. The second kappa shape index (κ2) is 3.83. The van der Waals surface area contributed by atoms with Crippen molar-refractivity contribution in [3.05, 3.63) is 0 Å². The summed E-state index contributed by atoms with van der Waals surface area (Å²) in [5.74, 6) is 0. The molecule has 0 amide bonds. The normalized spacial score (nSPS) is 7.00. The summed E-state index contributed by atoms with van der Waals surface area (Å²) < 4.78 is 4.68. The second-order valence-electron chi connectivity index (χ2n) is 0.433. The van der Waals surface area contributed by atoms with Gasteiger partial charge in [0, 0.05) is 0 Å². The summed E-state index contributed by atoms with van der Waals surface area (Å²) in [6.07, 6.45) is 0. The Morgan fingerprint density at radius 3 is 2.25 bits per heavy atom. The SMILES string of the molecule is CC[O][Hf]. The molecule has 0 saturated heterocycles. The van der Waals surface area contributed by atoms with Gasteiger partial charge in [0.15, 0.2) is 0 Å². The molecule has 0 saturated carbocycles. The molecular formula is C2H5HfO. The van der Waals surface area contributed by atoms with Crippen LogP contribution in [0.15, 0.2) is 0 Å². The predicted molar refractivity (Wildman–Crippen MR) is 11.6 cm³/mol. The Labute approximate surface area is 41.5 Å². The first-order chi connectivity index (χ1) is 1.91. The third-order valence-corrected chi connectivity index (χ3v) is 1.18. The van der Waals surface area contributed by atoms with Crippen molar-refractivity contribution in [1.82, 2.24) is 0 Å². The van der Waals surface area contributed by atoms with Crippen LogP contribution in [-0.2, 0) is 27.7 Å². The first-order valence-corrected chi connectivity index (χ1v) is 2.67. The van der Waals surface area contributed by atoms with Crippen molar-refractivity contribution in [1.29, 1.82) is 0 Å². The van der Waals surface area contributed by atoms with Crippen molar-refractivity contribution in [2.45, 2.75) is 6.92 Å². The van der Waals surface area contributed by atoms with E-state index in [2.05, 4.69) is 2.85 Å². The van der Waals surface area contributed by atoms with Gasteiger partial charge in [0.05, 0.1) is 0 Å². The van der Waals surface area contributed by atoms with Crippen molar-refractivity contribution in [2.75, 3.05) is 6.61 Å². The van der Waals surface area contributed by atoms with Gasteiger partial charge in [-0.05, 0) is 0 Å². The van der Waals surface area contributed by atoms with Crippen molar-refractivity contribution >= 4 is 0 Å². The number of hydrogen-bond acceptors (Lipinski definition) is 1. The van der Waals surface area contributed by atoms with Gasteiger partial charge in [-0.25, -0.2) is 0 Å². The molecule has 0 aromatic heterocycles. The molecule has 0 rings (SSSR count). The quantitative estimate of drug-likeness (QED) is 0.588. The Morgan fingerprint density at radius 2 is 2.25 bits per heavy atom. The monoisotopic (exact) mass is 225 g/mol. The van der Waals surface area contributed by atoms with E-state index in [9.17, 15) is 0 Å². The molecule has 0 aliphatic carbocycles. The van der Waals surface area contributed by atoms with Gasteiger partial charge in [0.1, 0.15) is 0 Å². The summed E-state index contributed by atoms with van der Waals surface area (Å²) in [4.78, 5) is 0. The van der Waals surface area contributed by atoms with Crippen LogP contribution in [0.25, 0.3) is 0 Å². The predicted octanol–water partition coefficient (Wildman–Crippen LogP) is 0.485. The fourth-order valence-electron chi connectivity index (χ4n) is 0. The molecule has 0 unspecified atom stereocenters. The molecule has 0 radical (unpaired) electrons. The zero-order valence-electron chi connectivity index (χ0n) is 2.62. The zero-order chi connectivity index (χ0) is 3.41. The van der Waals surface area contributed by atoms with Gasteiger partial charge in [0.2, 0.25) is 0 Å². The Kier molecular flexibility index (Phi) is 4.63. The van der Waals surface area contributed by atoms with E-state index in [1.165, 1.54) is 0 Å². The average molecular weight is 224 g/mol. The van der Waals surface area contributed by atoms with E-state index in [0.29, 0.717) is 0 Å². The molecule has 0 fully saturated rings. The van der Waals surface area contributed by atoms with Crippen LogP contribution in [0, 0.1) is 0 Å². The van der Waals surface area contributed by atoms with Crippen LogP contribution in [0.5, 0.6) is 0 Å². The summed E-state index contributed by atoms with van der Waals surface area (Å²) in [5.41, 5.74) is 0. The maximum atomic E-state index is 4.68. The van der Waals surface area contributed by atoms with Gasteiger partial charge in [-0.2, -0.15) is 0 Å². The molecule has 0 aromatic rings. The van der Waals surface area contributed by atoms with E-state index in [4.69, 9.17) is 0 Å². The van der Waals surface area contributed by atoms with Gasteiger partial charge < -0.3 is 0 Å². The molecule has 0 aliphatic rings. The Hall–Kier alpha value is 0.830. The first-order valence-electron chi connectivity index (χ1n) is 1.20. The molecule has 4 heavy (non-hydrogen) atoms. The van der Waals surface area contributed by atoms with E-state index in [1.54, 1.807) is 0 Å². The first kappa shape index (κ1) is 4.83. The molecule has 23 valence electrons. The molecule has 0 spiro atoms. The molecule has 0 N–H and O–H groups in total. The molecule has 0 heterocycles. The van der Waals surface area contributed by atoms with E-state index in [1.807, 2.05) is 6.92 Å². The number of rotatable bonds is 1. The number of hydrogen-bond donors (Lipinski definition) is 0. The zero-order valence-corrected chi connectivity index (χ0v) is 6.21. The van der Waals surface area contributed by atoms with E-state index < -0.39 is 0 Å². The fraction of sp³-hybridized carbons (Fsp3) is 1.00. The van der Waals surface area contributed by atoms with E-state index in [0.717, 1.165) is 31.4 Å². The van der Waals surface area contributed by atoms with Crippen molar-refractivity contribution < 1.29 is 27.7 Å². The van der Waals surface area contributed by atoms with Crippen LogP contribution in [-0.4, -0.2) is 6.61 Å². The fourth-order valence-corrected chi connectivity index (χ4v) is 0. The van der Waals surface area contributed by atoms with Crippen LogP contribution in [0.4, 0.5) is 0 Å². The van der Waals surface area contributed by atoms with Gasteiger partial charge in [-0.1, -0.05) is 0 Å². The van der Waals surface area contributed by atoms with Crippen molar-refractivity contribution in [3.8, 4) is 0 Å². The van der Waals surface area contributed by atoms with Gasteiger partial charge in [-0.3, -0.25) is 0 Å². The molecule has 1 nitrogen and oxygen atoms in total. The minimum atomic E-state index is 0.881. The Bertz CT molecular complexity index is 8.00. The summed E-state index contributed by atoms with van der Waals surface area (Å²) in [6.45, 7) is 2.87. The summed E-state index contributed by atoms with van der Waals surface area (Å²) in [6, 6.07) is 0. The van der Waals surface area contributed by atoms with Gasteiger partial charge in [0.25, 0.3) is 0 Å². The third kappa shape index (κ3) is 2.83. The Balaban J connectivity index is 1.97. The van der Waals surface area contributed by atoms with Crippen LogP contribution in [0.2, 0.25) is 0 Å². The van der Waals surface area contributed by atoms with E-state index in [-0.39, 0.29) is 0 Å². The molecule has 2 heteroatoms. The second-order valence-corrected chi connectivity index (χ2v) is 1.47. The van der Waals surface area contributed by atoms with E-state index >= 15 is 0 Å². The van der Waals surface area contributed by atoms with Gasteiger partial charge in [-0.15, -0.1) is 0 Å². The summed E-state index contributed by atoms with van der Waals surface area (Å²) >= 11 is 0.890. The molecule has 0 aromatic carbocycles. The molecule has 0 atom stereocenters. The van der Waals surface area contributed by atoms with Gasteiger partial charge >= 0.3 is 41.2 Å². The van der Waals surface area contributed by atoms with Crippen LogP contribution < -0.4 is 0 Å². The molecule has 0 aliphatic heterocycles. The average Bonchev–Trinajstić information content (AvgIpc) is 1.37. The van der Waals surface area contributed by atoms with Crippen LogP contribution >= 0.6 is 0 Å². The van der Waals surface area contributed by atoms with Crippen LogP contribution in [0.1, 0.15) is 6.92 Å². The van der Waals surface area contributed by atoms with Crippen molar-refractivity contribution in [2.24, 2.45) is 0 Å². The van der Waals surface area contributed by atoms with Crippen LogP contribution in [0.3, 0.4) is 0 Å². The standard InChI is InChI=1S/C2H5O.Hf/c1-2-3;/h2H2,1H3;/q-1;+1. The maximum absolute atomic E-state index is 4.68.